The Kier molecular flexibility index (Phi) is 3.43. The Balaban J connectivity index is 2.04. The summed E-state index contributed by atoms with van der Waals surface area (Å²) in [4.78, 5) is 4.05. The molecule has 2 aromatic heterocycles. The van der Waals surface area contributed by atoms with E-state index in [9.17, 15) is 0 Å². The molecule has 0 saturated heterocycles. The Labute approximate surface area is 104 Å². The number of nitrogens with one attached hydrogen (secondary N) is 1. The maximum absolute atomic E-state index is 5.68. The van der Waals surface area contributed by atoms with Crippen molar-refractivity contribution in [3.05, 3.63) is 29.5 Å². The van der Waals surface area contributed by atoms with Crippen molar-refractivity contribution in [1.29, 1.82) is 0 Å². The van der Waals surface area contributed by atoms with Crippen molar-refractivity contribution in [1.82, 2.24) is 9.36 Å². The van der Waals surface area contributed by atoms with Crippen molar-refractivity contribution >= 4 is 22.4 Å². The molecule has 0 saturated carbocycles. The lowest BCUT2D eigenvalue weighted by atomic mass is 10.2. The van der Waals surface area contributed by atoms with Crippen LogP contribution >= 0.6 is 11.5 Å². The number of nitrogen functional groups attached to an aromatic ring is 1. The van der Waals surface area contributed by atoms with Gasteiger partial charge >= 0.3 is 0 Å². The van der Waals surface area contributed by atoms with Crippen molar-refractivity contribution < 1.29 is 4.74 Å². The Morgan fingerprint density at radius 2 is 2.35 bits per heavy atom. The van der Waals surface area contributed by atoms with Gasteiger partial charge in [-0.3, -0.25) is 0 Å². The first-order valence-electron chi connectivity index (χ1n) is 5.15. The lowest BCUT2D eigenvalue weighted by Gasteiger charge is -2.05. The van der Waals surface area contributed by atoms with Gasteiger partial charge in [-0.15, -0.1) is 0 Å². The fourth-order valence-electron chi connectivity index (χ4n) is 1.37. The molecule has 90 valence electrons. The minimum Gasteiger partial charge on any atom is -0.481 e. The lowest BCUT2D eigenvalue weighted by molar-refractivity contribution is 0.397. The van der Waals surface area contributed by atoms with Crippen molar-refractivity contribution in [2.24, 2.45) is 0 Å². The Morgan fingerprint density at radius 3 is 3.00 bits per heavy atom. The third kappa shape index (κ3) is 2.65. The second kappa shape index (κ2) is 5.01. The monoisotopic (exact) mass is 250 g/mol. The first kappa shape index (κ1) is 11.7. The molecule has 17 heavy (non-hydrogen) atoms. The van der Waals surface area contributed by atoms with Crippen molar-refractivity contribution in [3.63, 3.8) is 0 Å². The smallest absolute Gasteiger partial charge is 0.213 e. The molecule has 0 bridgehead atoms. The molecule has 0 aromatic carbocycles. The summed E-state index contributed by atoms with van der Waals surface area (Å²) in [6.07, 6.45) is 1.73. The molecular weight excluding hydrogens is 236 g/mol. The molecule has 5 nitrogen and oxygen atoms in total. The van der Waals surface area contributed by atoms with E-state index in [0.29, 0.717) is 18.2 Å². The van der Waals surface area contributed by atoms with Gasteiger partial charge in [0.2, 0.25) is 5.88 Å². The zero-order valence-corrected chi connectivity index (χ0v) is 10.5. The first-order valence-corrected chi connectivity index (χ1v) is 5.92. The highest BCUT2D eigenvalue weighted by molar-refractivity contribution is 7.10. The molecule has 0 aliphatic rings. The van der Waals surface area contributed by atoms with Crippen LogP contribution in [-0.4, -0.2) is 16.5 Å². The van der Waals surface area contributed by atoms with Crippen molar-refractivity contribution in [2.45, 2.75) is 13.5 Å². The van der Waals surface area contributed by atoms with Crippen LogP contribution in [-0.2, 0) is 6.54 Å². The van der Waals surface area contributed by atoms with Gasteiger partial charge in [0.25, 0.3) is 0 Å². The Hall–Kier alpha value is -1.82. The second-order valence-corrected chi connectivity index (χ2v) is 4.36. The number of rotatable bonds is 4. The molecule has 0 aliphatic carbocycles. The molecule has 2 heterocycles. The van der Waals surface area contributed by atoms with E-state index in [1.807, 2.05) is 19.1 Å². The number of aromatic nitrogens is 2. The van der Waals surface area contributed by atoms with Crippen molar-refractivity contribution in [3.8, 4) is 5.88 Å². The minimum atomic E-state index is 0.588. The van der Waals surface area contributed by atoms with Crippen LogP contribution in [0.2, 0.25) is 0 Å². The maximum atomic E-state index is 5.68. The van der Waals surface area contributed by atoms with E-state index in [1.165, 1.54) is 11.5 Å². The number of ether oxygens (including phenoxy) is 1. The number of nitrogens with two attached hydrogens (primary N) is 1. The predicted octanol–water partition coefficient (Wildman–Crippen LogP) is 2.05. The van der Waals surface area contributed by atoms with Crippen molar-refractivity contribution in [2.75, 3.05) is 18.2 Å². The number of hydrogen-bond donors (Lipinski definition) is 2. The van der Waals surface area contributed by atoms with Crippen LogP contribution < -0.4 is 15.8 Å². The van der Waals surface area contributed by atoms with E-state index >= 15 is 0 Å². The molecule has 2 rings (SSSR count). The first-order chi connectivity index (χ1) is 8.20. The average molecular weight is 250 g/mol. The normalized spacial score (nSPS) is 10.2. The van der Waals surface area contributed by atoms with Crippen LogP contribution in [0.3, 0.4) is 0 Å². The van der Waals surface area contributed by atoms with Crippen LogP contribution in [0.5, 0.6) is 5.88 Å². The summed E-state index contributed by atoms with van der Waals surface area (Å²) >= 11 is 1.37. The van der Waals surface area contributed by atoms with Crippen LogP contribution in [0.4, 0.5) is 10.8 Å². The highest BCUT2D eigenvalue weighted by atomic mass is 32.1. The fraction of sp³-hybridized carbons (Fsp3) is 0.273. The van der Waals surface area contributed by atoms with Gasteiger partial charge < -0.3 is 15.8 Å². The van der Waals surface area contributed by atoms with Gasteiger partial charge in [-0.25, -0.2) is 4.98 Å². The highest BCUT2D eigenvalue weighted by Crippen LogP contribution is 2.25. The quantitative estimate of drug-likeness (QED) is 0.868. The van der Waals surface area contributed by atoms with E-state index in [0.717, 1.165) is 16.1 Å². The number of anilines is 2. The van der Waals surface area contributed by atoms with Gasteiger partial charge in [-0.2, -0.15) is 4.37 Å². The van der Waals surface area contributed by atoms with E-state index < -0.39 is 0 Å². The number of nitrogens with zero attached hydrogens (tertiary/aromatic N) is 2. The molecule has 3 N–H and O–H groups in total. The Morgan fingerprint density at radius 1 is 1.53 bits per heavy atom. The zero-order chi connectivity index (χ0) is 12.3. The summed E-state index contributed by atoms with van der Waals surface area (Å²) in [5, 5.41) is 4.29. The maximum Gasteiger partial charge on any atom is 0.213 e. The van der Waals surface area contributed by atoms with Gasteiger partial charge in [0.1, 0.15) is 10.8 Å². The van der Waals surface area contributed by atoms with E-state index in [-0.39, 0.29) is 0 Å². The average Bonchev–Trinajstić information content (AvgIpc) is 2.68. The summed E-state index contributed by atoms with van der Waals surface area (Å²) < 4.78 is 9.15. The SMILES string of the molecule is COc1cc(CNc2snc(N)c2C)ccn1. The molecule has 0 unspecified atom stereocenters. The van der Waals surface area contributed by atoms with E-state index in [2.05, 4.69) is 14.7 Å². The van der Waals surface area contributed by atoms with E-state index in [1.54, 1.807) is 13.3 Å². The van der Waals surface area contributed by atoms with Gasteiger partial charge in [0.15, 0.2) is 0 Å². The van der Waals surface area contributed by atoms with Gasteiger partial charge in [-0.1, -0.05) is 0 Å². The fourth-order valence-corrected chi connectivity index (χ4v) is 2.07. The number of pyridine rings is 1. The number of methoxy groups -OCH3 is 1. The van der Waals surface area contributed by atoms with Gasteiger partial charge in [0.05, 0.1) is 7.11 Å². The third-order valence-electron chi connectivity index (χ3n) is 2.42. The summed E-state index contributed by atoms with van der Waals surface area (Å²) in [5.41, 5.74) is 7.78. The molecule has 0 aliphatic heterocycles. The highest BCUT2D eigenvalue weighted by Gasteiger charge is 2.06. The molecular formula is C11H14N4OS. The molecule has 0 spiro atoms. The molecule has 6 heteroatoms. The van der Waals surface area contributed by atoms with Crippen LogP contribution in [0.1, 0.15) is 11.1 Å². The summed E-state index contributed by atoms with van der Waals surface area (Å²) in [6, 6.07) is 3.84. The molecule has 2 aromatic rings. The zero-order valence-electron chi connectivity index (χ0n) is 9.73. The molecule has 0 atom stereocenters. The number of hydrogen-bond acceptors (Lipinski definition) is 6. The predicted molar refractivity (Wildman–Crippen MR) is 69.4 cm³/mol. The standard InChI is InChI=1S/C11H14N4OS/c1-7-10(12)15-17-11(7)14-6-8-3-4-13-9(5-8)16-2/h3-5,14H,6H2,1-2H3,(H2,12,15). The van der Waals surface area contributed by atoms with Gasteiger partial charge in [-0.05, 0) is 30.1 Å². The minimum absolute atomic E-state index is 0.588. The molecule has 0 radical (unpaired) electrons. The molecule has 0 fully saturated rings. The van der Waals surface area contributed by atoms with Crippen LogP contribution in [0.25, 0.3) is 0 Å². The largest absolute Gasteiger partial charge is 0.481 e. The van der Waals surface area contributed by atoms with E-state index in [4.69, 9.17) is 10.5 Å². The van der Waals surface area contributed by atoms with Gasteiger partial charge in [0, 0.05) is 24.4 Å². The Bertz CT molecular complexity index is 512. The lowest BCUT2D eigenvalue weighted by Crippen LogP contribution is -2.00. The third-order valence-corrected chi connectivity index (χ3v) is 3.34. The second-order valence-electron chi connectivity index (χ2n) is 3.58. The van der Waals surface area contributed by atoms with Crippen LogP contribution in [0.15, 0.2) is 18.3 Å². The summed E-state index contributed by atoms with van der Waals surface area (Å²) in [7, 11) is 1.60. The topological polar surface area (TPSA) is 73.1 Å². The summed E-state index contributed by atoms with van der Waals surface area (Å²) in [6.45, 7) is 2.65. The summed E-state index contributed by atoms with van der Waals surface area (Å²) in [5.74, 6) is 1.20. The molecule has 0 amide bonds. The van der Waals surface area contributed by atoms with Crippen LogP contribution in [0, 0.1) is 6.92 Å².